The number of aliphatic hydroxyl groups is 1. The molecule has 0 amide bonds. The maximum atomic E-state index is 10.7. The molecule has 90 valence electrons. The smallest absolute Gasteiger partial charge is 0.296 e. The Balaban J connectivity index is 2.87. The van der Waals surface area contributed by atoms with E-state index in [1.165, 1.54) is 24.3 Å². The highest BCUT2D eigenvalue weighted by Gasteiger charge is 2.21. The standard InChI is InChI=1S/C10H14O5S/c1-7(2)15-9-5-3-8(4-6-9)10(11)16(12,13)14/h3-7,10-11H,1-2H3,(H,12,13,14). The van der Waals surface area contributed by atoms with Crippen LogP contribution in [0.2, 0.25) is 0 Å². The fourth-order valence-corrected chi connectivity index (χ4v) is 1.66. The summed E-state index contributed by atoms with van der Waals surface area (Å²) in [4.78, 5) is 0. The Kier molecular flexibility index (Phi) is 3.90. The summed E-state index contributed by atoms with van der Waals surface area (Å²) < 4.78 is 35.3. The second-order valence-corrected chi connectivity index (χ2v) is 5.08. The third kappa shape index (κ3) is 3.48. The van der Waals surface area contributed by atoms with Gasteiger partial charge >= 0.3 is 0 Å². The van der Waals surface area contributed by atoms with Crippen LogP contribution >= 0.6 is 0 Å². The van der Waals surface area contributed by atoms with E-state index in [1.54, 1.807) is 0 Å². The minimum Gasteiger partial charge on any atom is -0.491 e. The van der Waals surface area contributed by atoms with Crippen molar-refractivity contribution in [1.29, 1.82) is 0 Å². The van der Waals surface area contributed by atoms with Crippen molar-refractivity contribution in [2.24, 2.45) is 0 Å². The highest BCUT2D eigenvalue weighted by molar-refractivity contribution is 7.85. The van der Waals surface area contributed by atoms with Crippen molar-refractivity contribution in [3.63, 3.8) is 0 Å². The Hall–Kier alpha value is -1.11. The predicted octanol–water partition coefficient (Wildman–Crippen LogP) is 1.35. The first-order chi connectivity index (χ1) is 7.30. The molecule has 1 aromatic carbocycles. The third-order valence-corrected chi connectivity index (χ3v) is 2.66. The minimum absolute atomic E-state index is 0.0114. The Labute approximate surface area is 94.4 Å². The number of ether oxygens (including phenoxy) is 1. The molecule has 0 aliphatic heterocycles. The fourth-order valence-electron chi connectivity index (χ4n) is 1.16. The number of aliphatic hydroxyl groups excluding tert-OH is 1. The van der Waals surface area contributed by atoms with Crippen molar-refractivity contribution >= 4 is 10.1 Å². The Bertz CT molecular complexity index is 435. The maximum absolute atomic E-state index is 10.7. The molecule has 0 radical (unpaired) electrons. The van der Waals surface area contributed by atoms with Gasteiger partial charge in [-0.2, -0.15) is 8.42 Å². The molecule has 0 aromatic heterocycles. The van der Waals surface area contributed by atoms with E-state index < -0.39 is 15.6 Å². The number of hydrogen-bond acceptors (Lipinski definition) is 4. The number of benzene rings is 1. The molecular weight excluding hydrogens is 232 g/mol. The lowest BCUT2D eigenvalue weighted by atomic mass is 10.2. The van der Waals surface area contributed by atoms with Crippen LogP contribution in [-0.2, 0) is 10.1 Å². The van der Waals surface area contributed by atoms with Crippen LogP contribution in [0.4, 0.5) is 0 Å². The van der Waals surface area contributed by atoms with Crippen LogP contribution in [-0.4, -0.2) is 24.2 Å². The molecule has 0 fully saturated rings. The molecule has 6 heteroatoms. The van der Waals surface area contributed by atoms with E-state index in [0.717, 1.165) is 0 Å². The summed E-state index contributed by atoms with van der Waals surface area (Å²) in [7, 11) is -4.48. The van der Waals surface area contributed by atoms with E-state index in [2.05, 4.69) is 0 Å². The first-order valence-corrected chi connectivity index (χ1v) is 6.22. The summed E-state index contributed by atoms with van der Waals surface area (Å²) in [6, 6.07) is 5.83. The summed E-state index contributed by atoms with van der Waals surface area (Å²) >= 11 is 0. The Morgan fingerprint density at radius 2 is 1.69 bits per heavy atom. The fraction of sp³-hybridized carbons (Fsp3) is 0.400. The quantitative estimate of drug-likeness (QED) is 0.783. The van der Waals surface area contributed by atoms with E-state index in [0.29, 0.717) is 5.75 Å². The molecule has 0 spiro atoms. The minimum atomic E-state index is -4.48. The van der Waals surface area contributed by atoms with E-state index in [1.807, 2.05) is 13.8 Å². The van der Waals surface area contributed by atoms with E-state index >= 15 is 0 Å². The summed E-state index contributed by atoms with van der Waals surface area (Å²) in [6.07, 6.45) is 0.0114. The average Bonchev–Trinajstić information content (AvgIpc) is 2.15. The van der Waals surface area contributed by atoms with Gasteiger partial charge in [0.1, 0.15) is 5.75 Å². The normalized spacial score (nSPS) is 13.8. The lowest BCUT2D eigenvalue weighted by Gasteiger charge is -2.11. The van der Waals surface area contributed by atoms with Gasteiger partial charge in [0.2, 0.25) is 5.44 Å². The highest BCUT2D eigenvalue weighted by atomic mass is 32.2. The maximum Gasteiger partial charge on any atom is 0.296 e. The molecule has 0 saturated carbocycles. The second-order valence-electron chi connectivity index (χ2n) is 3.60. The Morgan fingerprint density at radius 3 is 2.06 bits per heavy atom. The van der Waals surface area contributed by atoms with E-state index in [-0.39, 0.29) is 11.7 Å². The molecule has 0 aliphatic carbocycles. The van der Waals surface area contributed by atoms with Crippen LogP contribution in [0.25, 0.3) is 0 Å². The molecule has 16 heavy (non-hydrogen) atoms. The largest absolute Gasteiger partial charge is 0.491 e. The van der Waals surface area contributed by atoms with Gasteiger partial charge in [-0.25, -0.2) is 0 Å². The molecule has 1 unspecified atom stereocenters. The van der Waals surface area contributed by atoms with Gasteiger partial charge in [0.05, 0.1) is 6.10 Å². The summed E-state index contributed by atoms with van der Waals surface area (Å²) in [5.74, 6) is 0.571. The van der Waals surface area contributed by atoms with Crippen molar-refractivity contribution in [3.05, 3.63) is 29.8 Å². The first kappa shape index (κ1) is 13.0. The lowest BCUT2D eigenvalue weighted by Crippen LogP contribution is -2.11. The summed E-state index contributed by atoms with van der Waals surface area (Å²) in [5, 5.41) is 9.25. The van der Waals surface area contributed by atoms with Crippen LogP contribution in [0.15, 0.2) is 24.3 Å². The molecule has 1 aromatic rings. The van der Waals surface area contributed by atoms with Gasteiger partial charge < -0.3 is 9.84 Å². The van der Waals surface area contributed by atoms with Crippen LogP contribution < -0.4 is 4.74 Å². The van der Waals surface area contributed by atoms with Gasteiger partial charge in [0.15, 0.2) is 0 Å². The molecule has 2 N–H and O–H groups in total. The Morgan fingerprint density at radius 1 is 1.19 bits per heavy atom. The van der Waals surface area contributed by atoms with Crippen molar-refractivity contribution in [2.75, 3.05) is 0 Å². The zero-order valence-electron chi connectivity index (χ0n) is 8.99. The molecule has 1 atom stereocenters. The van der Waals surface area contributed by atoms with Crippen LogP contribution in [0.5, 0.6) is 5.75 Å². The zero-order valence-corrected chi connectivity index (χ0v) is 9.81. The van der Waals surface area contributed by atoms with Crippen LogP contribution in [0, 0.1) is 0 Å². The summed E-state index contributed by atoms with van der Waals surface area (Å²) in [5.41, 5.74) is -1.82. The zero-order chi connectivity index (χ0) is 12.3. The van der Waals surface area contributed by atoms with Crippen LogP contribution in [0.1, 0.15) is 24.8 Å². The van der Waals surface area contributed by atoms with Gasteiger partial charge in [-0.05, 0) is 31.5 Å². The molecule has 0 aliphatic rings. The van der Waals surface area contributed by atoms with E-state index in [4.69, 9.17) is 9.29 Å². The van der Waals surface area contributed by atoms with Gasteiger partial charge in [0.25, 0.3) is 10.1 Å². The number of rotatable bonds is 4. The lowest BCUT2D eigenvalue weighted by molar-refractivity contribution is 0.235. The highest BCUT2D eigenvalue weighted by Crippen LogP contribution is 2.21. The van der Waals surface area contributed by atoms with E-state index in [9.17, 15) is 13.5 Å². The molecular formula is C10H14O5S. The molecule has 0 saturated heterocycles. The second kappa shape index (κ2) is 4.82. The predicted molar refractivity (Wildman–Crippen MR) is 58.7 cm³/mol. The topological polar surface area (TPSA) is 83.8 Å². The van der Waals surface area contributed by atoms with Crippen molar-refractivity contribution in [2.45, 2.75) is 25.4 Å². The van der Waals surface area contributed by atoms with Gasteiger partial charge in [-0.15, -0.1) is 0 Å². The summed E-state index contributed by atoms with van der Waals surface area (Å²) in [6.45, 7) is 3.72. The molecule has 0 bridgehead atoms. The van der Waals surface area contributed by atoms with Gasteiger partial charge in [0, 0.05) is 0 Å². The third-order valence-electron chi connectivity index (χ3n) is 1.82. The van der Waals surface area contributed by atoms with Gasteiger partial charge in [-0.3, -0.25) is 4.55 Å². The SMILES string of the molecule is CC(C)Oc1ccc(C(O)S(=O)(=O)O)cc1. The van der Waals surface area contributed by atoms with Crippen LogP contribution in [0.3, 0.4) is 0 Å². The van der Waals surface area contributed by atoms with Crippen molar-refractivity contribution in [1.82, 2.24) is 0 Å². The number of hydrogen-bond donors (Lipinski definition) is 2. The van der Waals surface area contributed by atoms with Gasteiger partial charge in [-0.1, -0.05) is 12.1 Å². The average molecular weight is 246 g/mol. The van der Waals surface area contributed by atoms with Crippen molar-refractivity contribution < 1.29 is 22.8 Å². The first-order valence-electron chi connectivity index (χ1n) is 4.71. The molecule has 1 rings (SSSR count). The molecule has 0 heterocycles. The van der Waals surface area contributed by atoms with Crippen molar-refractivity contribution in [3.8, 4) is 5.75 Å². The monoisotopic (exact) mass is 246 g/mol. The molecule has 5 nitrogen and oxygen atoms in total.